The number of aliphatic hydroxyl groups is 2. The summed E-state index contributed by atoms with van der Waals surface area (Å²) in [4.78, 5) is 0. The standard InChI is InChI=1S/C38H52O7/c1-24(11-10-12-25(2)23-39)13-16-29-30(41-6)21-27(35(43-8)36(29)44-9)15-14-26-19-28-22-32-37(3,4)33(40)17-18-38(32,5)45-34(28)31(20-26)42-7/h12-15,19-21,32-33,39-40H,10-11,16-18,22-23H2,1-9H3. The average Bonchev–Trinajstić information content (AvgIpc) is 3.03. The number of hydrogen-bond donors (Lipinski definition) is 2. The Morgan fingerprint density at radius 3 is 2.27 bits per heavy atom. The predicted molar refractivity (Wildman–Crippen MR) is 181 cm³/mol. The molecule has 1 fully saturated rings. The fraction of sp³-hybridized carbons (Fsp3) is 0.526. The van der Waals surface area contributed by atoms with Gasteiger partial charge in [-0.3, -0.25) is 0 Å². The highest BCUT2D eigenvalue weighted by molar-refractivity contribution is 5.78. The molecule has 3 atom stereocenters. The van der Waals surface area contributed by atoms with Crippen molar-refractivity contribution >= 4 is 12.2 Å². The highest BCUT2D eigenvalue weighted by Gasteiger charge is 2.54. The molecule has 2 aromatic carbocycles. The van der Waals surface area contributed by atoms with Gasteiger partial charge in [-0.05, 0) is 94.0 Å². The first kappa shape index (κ1) is 34.5. The summed E-state index contributed by atoms with van der Waals surface area (Å²) in [7, 11) is 6.65. The third-order valence-corrected chi connectivity index (χ3v) is 9.89. The topological polar surface area (TPSA) is 86.6 Å². The molecule has 0 bridgehead atoms. The van der Waals surface area contributed by atoms with Crippen LogP contribution in [0.25, 0.3) is 12.2 Å². The number of aliphatic hydroxyl groups excluding tert-OH is 2. The smallest absolute Gasteiger partial charge is 0.168 e. The third-order valence-electron chi connectivity index (χ3n) is 9.89. The third kappa shape index (κ3) is 7.20. The Kier molecular flexibility index (Phi) is 11.0. The molecule has 2 N–H and O–H groups in total. The number of hydrogen-bond acceptors (Lipinski definition) is 7. The van der Waals surface area contributed by atoms with E-state index in [0.29, 0.717) is 23.7 Å². The van der Waals surface area contributed by atoms with E-state index >= 15 is 0 Å². The molecular weight excluding hydrogens is 568 g/mol. The molecule has 7 nitrogen and oxygen atoms in total. The molecule has 7 heteroatoms. The zero-order valence-electron chi connectivity index (χ0n) is 28.6. The second-order valence-electron chi connectivity index (χ2n) is 13.3. The Morgan fingerprint density at radius 2 is 1.62 bits per heavy atom. The van der Waals surface area contributed by atoms with E-state index in [-0.39, 0.29) is 29.6 Å². The van der Waals surface area contributed by atoms with Crippen molar-refractivity contribution in [1.82, 2.24) is 0 Å². The predicted octanol–water partition coefficient (Wildman–Crippen LogP) is 7.59. The maximum atomic E-state index is 10.8. The van der Waals surface area contributed by atoms with E-state index in [1.807, 2.05) is 31.2 Å². The van der Waals surface area contributed by atoms with Crippen LogP contribution >= 0.6 is 0 Å². The van der Waals surface area contributed by atoms with E-state index in [1.165, 1.54) is 5.57 Å². The molecule has 0 spiro atoms. The monoisotopic (exact) mass is 620 g/mol. The van der Waals surface area contributed by atoms with Crippen molar-refractivity contribution in [2.24, 2.45) is 11.3 Å². The lowest BCUT2D eigenvalue weighted by molar-refractivity contribution is -0.138. The summed E-state index contributed by atoms with van der Waals surface area (Å²) in [6, 6.07) is 6.15. The number of ether oxygens (including phenoxy) is 5. The van der Waals surface area contributed by atoms with Crippen LogP contribution in [0.15, 0.2) is 41.5 Å². The Hall–Kier alpha value is -3.42. The number of methoxy groups -OCH3 is 4. The SMILES string of the molecule is COc1cc(C=Cc2cc3c(c(OC)c2)OC2(C)CCC(O)C(C)(C)C2C3)c(OC)c(OC)c1CC=C(C)CCC=C(C)CO. The molecule has 1 heterocycles. The Bertz CT molecular complexity index is 1450. The van der Waals surface area contributed by atoms with E-state index in [2.05, 4.69) is 45.9 Å². The maximum Gasteiger partial charge on any atom is 0.168 e. The second kappa shape index (κ2) is 14.3. The minimum atomic E-state index is -0.358. The largest absolute Gasteiger partial charge is 0.496 e. The average molecular weight is 621 g/mol. The summed E-state index contributed by atoms with van der Waals surface area (Å²) >= 11 is 0. The summed E-state index contributed by atoms with van der Waals surface area (Å²) in [5.74, 6) is 3.68. The van der Waals surface area contributed by atoms with Crippen LogP contribution in [0, 0.1) is 11.3 Å². The van der Waals surface area contributed by atoms with E-state index in [0.717, 1.165) is 71.4 Å². The first-order valence-electron chi connectivity index (χ1n) is 15.9. The minimum Gasteiger partial charge on any atom is -0.496 e. The van der Waals surface area contributed by atoms with Crippen molar-refractivity contribution in [3.8, 4) is 28.7 Å². The van der Waals surface area contributed by atoms with Crippen LogP contribution in [0.4, 0.5) is 0 Å². The molecule has 0 aromatic heterocycles. The molecule has 45 heavy (non-hydrogen) atoms. The molecule has 0 amide bonds. The van der Waals surface area contributed by atoms with Crippen LogP contribution in [0.1, 0.15) is 82.6 Å². The first-order valence-corrected chi connectivity index (χ1v) is 15.9. The lowest BCUT2D eigenvalue weighted by Gasteiger charge is -2.55. The van der Waals surface area contributed by atoms with E-state index in [4.69, 9.17) is 23.7 Å². The van der Waals surface area contributed by atoms with E-state index < -0.39 is 0 Å². The van der Waals surface area contributed by atoms with Crippen LogP contribution < -0.4 is 23.7 Å². The van der Waals surface area contributed by atoms with Gasteiger partial charge in [0.1, 0.15) is 11.4 Å². The van der Waals surface area contributed by atoms with Crippen LogP contribution in [0.5, 0.6) is 28.7 Å². The molecule has 246 valence electrons. The van der Waals surface area contributed by atoms with Gasteiger partial charge in [-0.15, -0.1) is 0 Å². The lowest BCUT2D eigenvalue weighted by Crippen LogP contribution is -2.58. The molecule has 3 unspecified atom stereocenters. The Labute approximate surface area is 269 Å². The van der Waals surface area contributed by atoms with Crippen molar-refractivity contribution in [2.75, 3.05) is 35.0 Å². The summed E-state index contributed by atoms with van der Waals surface area (Å²) < 4.78 is 30.2. The van der Waals surface area contributed by atoms with Crippen LogP contribution in [-0.4, -0.2) is 57.0 Å². The molecule has 0 saturated heterocycles. The summed E-state index contributed by atoms with van der Waals surface area (Å²) in [5, 5.41) is 20.1. The molecule has 1 aliphatic heterocycles. The van der Waals surface area contributed by atoms with E-state index in [9.17, 15) is 10.2 Å². The quantitative estimate of drug-likeness (QED) is 0.187. The van der Waals surface area contributed by atoms with Crippen molar-refractivity contribution < 1.29 is 33.9 Å². The normalized spacial score (nSPS) is 22.8. The number of rotatable bonds is 12. The van der Waals surface area contributed by atoms with Gasteiger partial charge in [-0.25, -0.2) is 0 Å². The summed E-state index contributed by atoms with van der Waals surface area (Å²) in [5.41, 5.74) is 5.42. The van der Waals surface area contributed by atoms with Gasteiger partial charge in [0.05, 0.1) is 41.2 Å². The van der Waals surface area contributed by atoms with Gasteiger partial charge in [0, 0.05) is 17.0 Å². The first-order chi connectivity index (χ1) is 21.4. The van der Waals surface area contributed by atoms with Gasteiger partial charge in [-0.2, -0.15) is 0 Å². The molecular formula is C38H52O7. The fourth-order valence-corrected chi connectivity index (χ4v) is 7.02. The van der Waals surface area contributed by atoms with Crippen molar-refractivity contribution in [2.45, 2.75) is 84.8 Å². The molecule has 4 rings (SSSR count). The van der Waals surface area contributed by atoms with Crippen molar-refractivity contribution in [3.63, 3.8) is 0 Å². The van der Waals surface area contributed by atoms with Crippen molar-refractivity contribution in [1.29, 1.82) is 0 Å². The fourth-order valence-electron chi connectivity index (χ4n) is 7.02. The zero-order chi connectivity index (χ0) is 32.9. The Balaban J connectivity index is 1.66. The Morgan fingerprint density at radius 1 is 0.911 bits per heavy atom. The van der Waals surface area contributed by atoms with Gasteiger partial charge < -0.3 is 33.9 Å². The van der Waals surface area contributed by atoms with E-state index in [1.54, 1.807) is 28.4 Å². The number of benzene rings is 2. The number of fused-ring (bicyclic) bond motifs is 2. The van der Waals surface area contributed by atoms with Crippen LogP contribution in [0.2, 0.25) is 0 Å². The van der Waals surface area contributed by atoms with Gasteiger partial charge in [0.25, 0.3) is 0 Å². The van der Waals surface area contributed by atoms with Gasteiger partial charge in [0.15, 0.2) is 23.0 Å². The maximum absolute atomic E-state index is 10.8. The highest BCUT2D eigenvalue weighted by atomic mass is 16.5. The van der Waals surface area contributed by atoms with Crippen LogP contribution in [0.3, 0.4) is 0 Å². The molecule has 0 radical (unpaired) electrons. The zero-order valence-corrected chi connectivity index (χ0v) is 28.6. The molecule has 1 aliphatic carbocycles. The van der Waals surface area contributed by atoms with Crippen molar-refractivity contribution in [3.05, 3.63) is 63.8 Å². The summed E-state index contributed by atoms with van der Waals surface area (Å²) in [6.07, 6.45) is 12.7. The molecule has 2 aromatic rings. The van der Waals surface area contributed by atoms with Gasteiger partial charge in [-0.1, -0.05) is 49.3 Å². The van der Waals surface area contributed by atoms with Gasteiger partial charge >= 0.3 is 0 Å². The number of allylic oxidation sites excluding steroid dienone is 3. The van der Waals surface area contributed by atoms with Crippen LogP contribution in [-0.2, 0) is 12.8 Å². The summed E-state index contributed by atoms with van der Waals surface area (Å²) in [6.45, 7) is 10.6. The van der Waals surface area contributed by atoms with Gasteiger partial charge in [0.2, 0.25) is 0 Å². The molecule has 2 aliphatic rings. The molecule has 1 saturated carbocycles. The highest BCUT2D eigenvalue weighted by Crippen LogP contribution is 2.55. The second-order valence-corrected chi connectivity index (χ2v) is 13.3. The lowest BCUT2D eigenvalue weighted by atomic mass is 9.57. The minimum absolute atomic E-state index is 0.0927.